The Kier molecular flexibility index (Phi) is 5.10. The van der Waals surface area contributed by atoms with Gasteiger partial charge in [-0.05, 0) is 43.2 Å². The van der Waals surface area contributed by atoms with Crippen molar-refractivity contribution in [3.05, 3.63) is 66.5 Å². The van der Waals surface area contributed by atoms with E-state index < -0.39 is 5.41 Å². The van der Waals surface area contributed by atoms with E-state index in [1.165, 1.54) is 0 Å². The summed E-state index contributed by atoms with van der Waals surface area (Å²) < 4.78 is 12.7. The van der Waals surface area contributed by atoms with Crippen molar-refractivity contribution in [1.29, 1.82) is 5.26 Å². The highest BCUT2D eigenvalue weighted by atomic mass is 16.5. The number of nitriles is 1. The zero-order valence-electron chi connectivity index (χ0n) is 19.3. The Labute approximate surface area is 196 Å². The van der Waals surface area contributed by atoms with Gasteiger partial charge in [0.05, 0.1) is 42.9 Å². The third kappa shape index (κ3) is 3.48. The Morgan fingerprint density at radius 1 is 0.853 bits per heavy atom. The molecule has 0 radical (unpaired) electrons. The predicted octanol–water partition coefficient (Wildman–Crippen LogP) is 4.82. The first-order chi connectivity index (χ1) is 16.4. The maximum atomic E-state index is 9.44. The second kappa shape index (κ2) is 8.12. The molecule has 2 aromatic carbocycles. The van der Waals surface area contributed by atoms with Crippen LogP contribution in [0.5, 0.6) is 11.6 Å². The van der Waals surface area contributed by atoms with Crippen molar-refractivity contribution < 1.29 is 9.47 Å². The quantitative estimate of drug-likeness (QED) is 0.378. The highest BCUT2D eigenvalue weighted by Gasteiger charge is 2.20. The lowest BCUT2D eigenvalue weighted by Crippen LogP contribution is -2.13. The SMILES string of the molecule is COc1cc(-c2ccc3ncc4nnc(-c5ccc(C(C)(C)C#N)cc5)n4c3c2)cnc1OC. The molecule has 5 rings (SSSR count). The number of aromatic nitrogens is 5. The van der Waals surface area contributed by atoms with Gasteiger partial charge in [0.15, 0.2) is 17.2 Å². The largest absolute Gasteiger partial charge is 0.491 e. The minimum absolute atomic E-state index is 0.431. The number of benzene rings is 2. The van der Waals surface area contributed by atoms with Crippen molar-refractivity contribution in [3.63, 3.8) is 0 Å². The van der Waals surface area contributed by atoms with E-state index in [0.29, 0.717) is 23.1 Å². The molecule has 0 bridgehead atoms. The second-order valence-corrected chi connectivity index (χ2v) is 8.43. The molecule has 8 nitrogen and oxygen atoms in total. The average Bonchev–Trinajstić information content (AvgIpc) is 3.33. The molecule has 0 saturated carbocycles. The molecule has 168 valence electrons. The average molecular weight is 451 g/mol. The molecule has 8 heteroatoms. The molecule has 34 heavy (non-hydrogen) atoms. The van der Waals surface area contributed by atoms with Gasteiger partial charge in [-0.1, -0.05) is 30.3 Å². The Bertz CT molecular complexity index is 1560. The van der Waals surface area contributed by atoms with E-state index in [1.54, 1.807) is 26.6 Å². The zero-order chi connectivity index (χ0) is 23.9. The first-order valence-electron chi connectivity index (χ1n) is 10.7. The number of hydrogen-bond donors (Lipinski definition) is 0. The van der Waals surface area contributed by atoms with Crippen molar-refractivity contribution >= 4 is 16.7 Å². The number of nitrogens with zero attached hydrogens (tertiary/aromatic N) is 6. The van der Waals surface area contributed by atoms with Crippen molar-refractivity contribution in [2.24, 2.45) is 0 Å². The van der Waals surface area contributed by atoms with Crippen LogP contribution in [-0.2, 0) is 5.41 Å². The highest BCUT2D eigenvalue weighted by Crippen LogP contribution is 2.32. The first-order valence-corrected chi connectivity index (χ1v) is 10.7. The Balaban J connectivity index is 1.66. The minimum atomic E-state index is -0.565. The molecule has 0 unspecified atom stereocenters. The second-order valence-electron chi connectivity index (χ2n) is 8.43. The number of ether oxygens (including phenoxy) is 2. The fourth-order valence-corrected chi connectivity index (χ4v) is 3.91. The van der Waals surface area contributed by atoms with Gasteiger partial charge in [-0.15, -0.1) is 10.2 Å². The smallest absolute Gasteiger partial charge is 0.256 e. The van der Waals surface area contributed by atoms with Gasteiger partial charge in [0.25, 0.3) is 5.88 Å². The minimum Gasteiger partial charge on any atom is -0.491 e. The Morgan fingerprint density at radius 2 is 1.62 bits per heavy atom. The summed E-state index contributed by atoms with van der Waals surface area (Å²) in [6.45, 7) is 3.80. The van der Waals surface area contributed by atoms with E-state index in [-0.39, 0.29) is 0 Å². The number of hydrogen-bond acceptors (Lipinski definition) is 7. The van der Waals surface area contributed by atoms with Gasteiger partial charge in [0.2, 0.25) is 0 Å². The van der Waals surface area contributed by atoms with Crippen LogP contribution in [0.4, 0.5) is 0 Å². The molecule has 0 aliphatic carbocycles. The zero-order valence-corrected chi connectivity index (χ0v) is 19.3. The predicted molar refractivity (Wildman–Crippen MR) is 129 cm³/mol. The molecular formula is C26H22N6O2. The topological polar surface area (TPSA) is 98.2 Å². The van der Waals surface area contributed by atoms with E-state index in [2.05, 4.69) is 26.2 Å². The lowest BCUT2D eigenvalue weighted by molar-refractivity contribution is 0.343. The lowest BCUT2D eigenvalue weighted by atomic mass is 9.86. The van der Waals surface area contributed by atoms with Gasteiger partial charge < -0.3 is 9.47 Å². The van der Waals surface area contributed by atoms with Gasteiger partial charge in [-0.25, -0.2) is 4.98 Å². The number of rotatable bonds is 5. The molecule has 0 saturated heterocycles. The molecule has 3 aromatic heterocycles. The fourth-order valence-electron chi connectivity index (χ4n) is 3.91. The van der Waals surface area contributed by atoms with Crippen LogP contribution < -0.4 is 9.47 Å². The van der Waals surface area contributed by atoms with Gasteiger partial charge in [-0.3, -0.25) is 9.38 Å². The fraction of sp³-hybridized carbons (Fsp3) is 0.192. The van der Waals surface area contributed by atoms with Crippen LogP contribution in [0.1, 0.15) is 19.4 Å². The summed E-state index contributed by atoms with van der Waals surface area (Å²) in [7, 11) is 3.15. The molecule has 5 aromatic rings. The van der Waals surface area contributed by atoms with Gasteiger partial charge in [-0.2, -0.15) is 5.26 Å². The van der Waals surface area contributed by atoms with Crippen molar-refractivity contribution in [2.45, 2.75) is 19.3 Å². The van der Waals surface area contributed by atoms with E-state index in [1.807, 2.05) is 66.8 Å². The molecule has 3 heterocycles. The monoisotopic (exact) mass is 450 g/mol. The summed E-state index contributed by atoms with van der Waals surface area (Å²) >= 11 is 0. The third-order valence-electron chi connectivity index (χ3n) is 5.93. The summed E-state index contributed by atoms with van der Waals surface area (Å²) in [5, 5.41) is 18.2. The molecule has 0 spiro atoms. The maximum absolute atomic E-state index is 9.44. The van der Waals surface area contributed by atoms with Crippen molar-refractivity contribution in [1.82, 2.24) is 24.6 Å². The van der Waals surface area contributed by atoms with Crippen LogP contribution in [0.3, 0.4) is 0 Å². The molecule has 0 fully saturated rings. The molecule has 0 N–H and O–H groups in total. The van der Waals surface area contributed by atoms with Crippen LogP contribution in [0.2, 0.25) is 0 Å². The lowest BCUT2D eigenvalue weighted by Gasteiger charge is -2.15. The van der Waals surface area contributed by atoms with E-state index in [9.17, 15) is 5.26 Å². The van der Waals surface area contributed by atoms with Crippen LogP contribution in [0.25, 0.3) is 39.2 Å². The van der Waals surface area contributed by atoms with Gasteiger partial charge >= 0.3 is 0 Å². The van der Waals surface area contributed by atoms with Gasteiger partial charge in [0.1, 0.15) is 0 Å². The molecule has 0 aliphatic heterocycles. The molecule has 0 aliphatic rings. The maximum Gasteiger partial charge on any atom is 0.256 e. The van der Waals surface area contributed by atoms with Crippen LogP contribution in [-0.4, -0.2) is 38.8 Å². The number of pyridine rings is 1. The van der Waals surface area contributed by atoms with Crippen molar-refractivity contribution in [3.8, 4) is 40.2 Å². The van der Waals surface area contributed by atoms with E-state index >= 15 is 0 Å². The van der Waals surface area contributed by atoms with Crippen LogP contribution in [0, 0.1) is 11.3 Å². The van der Waals surface area contributed by atoms with Crippen LogP contribution >= 0.6 is 0 Å². The summed E-state index contributed by atoms with van der Waals surface area (Å²) in [4.78, 5) is 8.91. The summed E-state index contributed by atoms with van der Waals surface area (Å²) in [6, 6.07) is 18.1. The third-order valence-corrected chi connectivity index (χ3v) is 5.93. The van der Waals surface area contributed by atoms with E-state index in [0.717, 1.165) is 33.3 Å². The Hall–Kier alpha value is -4.51. The molecular weight excluding hydrogens is 428 g/mol. The van der Waals surface area contributed by atoms with Crippen molar-refractivity contribution in [2.75, 3.05) is 14.2 Å². The normalized spacial score (nSPS) is 11.5. The summed E-state index contributed by atoms with van der Waals surface area (Å²) in [5.41, 5.74) is 5.43. The number of methoxy groups -OCH3 is 2. The molecule has 0 atom stereocenters. The summed E-state index contributed by atoms with van der Waals surface area (Å²) in [6.07, 6.45) is 3.46. The first kappa shape index (κ1) is 21.3. The van der Waals surface area contributed by atoms with E-state index in [4.69, 9.17) is 9.47 Å². The standard InChI is InChI=1S/C26H22N6O2/c1-26(2,15-27)19-8-5-16(6-9-19)24-31-30-23-14-28-20-10-7-17(11-21(20)32(23)24)18-12-22(33-3)25(34-4)29-13-18/h5-14H,1-4H3. The number of fused-ring (bicyclic) bond motifs is 3. The van der Waals surface area contributed by atoms with Crippen LogP contribution in [0.15, 0.2) is 60.9 Å². The molecule has 0 amide bonds. The summed E-state index contributed by atoms with van der Waals surface area (Å²) in [5.74, 6) is 1.69. The van der Waals surface area contributed by atoms with Gasteiger partial charge in [0, 0.05) is 17.3 Å². The highest BCUT2D eigenvalue weighted by molar-refractivity contribution is 5.85. The Morgan fingerprint density at radius 3 is 2.32 bits per heavy atom.